The van der Waals surface area contributed by atoms with Crippen molar-refractivity contribution in [1.82, 2.24) is 15.5 Å². The summed E-state index contributed by atoms with van der Waals surface area (Å²) < 4.78 is 0. The van der Waals surface area contributed by atoms with E-state index in [1.54, 1.807) is 31.2 Å². The highest BCUT2D eigenvalue weighted by atomic mass is 16.4. The summed E-state index contributed by atoms with van der Waals surface area (Å²) in [5, 5.41) is 24.7. The lowest BCUT2D eigenvalue weighted by molar-refractivity contribution is -0.144. The molecule has 1 unspecified atom stereocenters. The van der Waals surface area contributed by atoms with Crippen LogP contribution in [0.25, 0.3) is 0 Å². The van der Waals surface area contributed by atoms with E-state index in [4.69, 9.17) is 0 Å². The molecular weight excluding hydrogens is 462 g/mol. The summed E-state index contributed by atoms with van der Waals surface area (Å²) >= 11 is 0. The van der Waals surface area contributed by atoms with Crippen LogP contribution >= 0.6 is 0 Å². The first-order valence-electron chi connectivity index (χ1n) is 12.2. The lowest BCUT2D eigenvalue weighted by Gasteiger charge is -2.29. The number of likely N-dealkylation sites (tertiary alicyclic amines) is 1. The molecule has 192 valence electrons. The number of rotatable bonds is 12. The lowest BCUT2D eigenvalue weighted by atomic mass is 10.0. The minimum atomic E-state index is -1.15. The highest BCUT2D eigenvalue weighted by molar-refractivity contribution is 5.92. The number of carbonyl (C=O) groups is 4. The van der Waals surface area contributed by atoms with E-state index < -0.39 is 42.0 Å². The van der Waals surface area contributed by atoms with E-state index in [1.807, 2.05) is 36.4 Å². The first-order chi connectivity index (χ1) is 17.3. The molecule has 2 amide bonds. The van der Waals surface area contributed by atoms with Crippen LogP contribution in [0.5, 0.6) is 0 Å². The second-order valence-corrected chi connectivity index (χ2v) is 9.08. The number of amides is 2. The van der Waals surface area contributed by atoms with Crippen molar-refractivity contribution in [2.45, 2.75) is 63.2 Å². The van der Waals surface area contributed by atoms with Crippen LogP contribution in [0, 0.1) is 0 Å². The molecule has 0 bridgehead atoms. The van der Waals surface area contributed by atoms with E-state index in [1.165, 1.54) is 4.90 Å². The fraction of sp³-hybridized carbons (Fsp3) is 0.407. The van der Waals surface area contributed by atoms with Crippen molar-refractivity contribution in [2.75, 3.05) is 6.54 Å². The van der Waals surface area contributed by atoms with Gasteiger partial charge in [-0.2, -0.15) is 0 Å². The Bertz CT molecular complexity index is 1050. The third-order valence-corrected chi connectivity index (χ3v) is 6.42. The first kappa shape index (κ1) is 26.9. The van der Waals surface area contributed by atoms with E-state index in [2.05, 4.69) is 10.6 Å². The SMILES string of the molecule is C[C@H](NC(CCc1ccccc1)C(=O)O)C(=O)N1CCC[C@H]1C(=O)N[C@@H](Cc1ccccc1)C(=O)O. The van der Waals surface area contributed by atoms with Gasteiger partial charge < -0.3 is 20.4 Å². The summed E-state index contributed by atoms with van der Waals surface area (Å²) in [5.41, 5.74) is 1.78. The Labute approximate surface area is 210 Å². The first-order valence-corrected chi connectivity index (χ1v) is 12.2. The van der Waals surface area contributed by atoms with Gasteiger partial charge in [0.05, 0.1) is 6.04 Å². The van der Waals surface area contributed by atoms with Crippen LogP contribution in [0.4, 0.5) is 0 Å². The summed E-state index contributed by atoms with van der Waals surface area (Å²) in [6.07, 6.45) is 1.99. The number of hydrogen-bond donors (Lipinski definition) is 4. The predicted octanol–water partition coefficient (Wildman–Crippen LogP) is 1.85. The van der Waals surface area contributed by atoms with E-state index in [0.717, 1.165) is 11.1 Å². The van der Waals surface area contributed by atoms with E-state index in [-0.39, 0.29) is 12.3 Å². The third kappa shape index (κ3) is 7.39. The average Bonchev–Trinajstić information content (AvgIpc) is 3.36. The van der Waals surface area contributed by atoms with Crippen LogP contribution in [-0.4, -0.2) is 69.6 Å². The van der Waals surface area contributed by atoms with Gasteiger partial charge in [0, 0.05) is 13.0 Å². The van der Waals surface area contributed by atoms with Crippen molar-refractivity contribution in [3.05, 3.63) is 71.8 Å². The van der Waals surface area contributed by atoms with E-state index in [0.29, 0.717) is 32.2 Å². The van der Waals surface area contributed by atoms with Crippen molar-refractivity contribution >= 4 is 23.8 Å². The number of carboxylic acids is 2. The smallest absolute Gasteiger partial charge is 0.326 e. The number of benzene rings is 2. The average molecular weight is 496 g/mol. The third-order valence-electron chi connectivity index (χ3n) is 6.42. The van der Waals surface area contributed by atoms with Gasteiger partial charge >= 0.3 is 11.9 Å². The van der Waals surface area contributed by atoms with Crippen LogP contribution in [0.2, 0.25) is 0 Å². The number of hydrogen-bond acceptors (Lipinski definition) is 5. The van der Waals surface area contributed by atoms with Crippen molar-refractivity contribution in [1.29, 1.82) is 0 Å². The second-order valence-electron chi connectivity index (χ2n) is 9.08. The second kappa shape index (κ2) is 12.8. The summed E-state index contributed by atoms with van der Waals surface area (Å²) in [5.74, 6) is -3.10. The number of aryl methyl sites for hydroxylation is 1. The highest BCUT2D eigenvalue weighted by Gasteiger charge is 2.38. The van der Waals surface area contributed by atoms with Crippen LogP contribution < -0.4 is 10.6 Å². The Balaban J connectivity index is 1.60. The zero-order valence-electron chi connectivity index (χ0n) is 20.3. The quantitative estimate of drug-likeness (QED) is 0.353. The number of aliphatic carboxylic acids is 2. The van der Waals surface area contributed by atoms with Crippen LogP contribution in [0.15, 0.2) is 60.7 Å². The molecule has 9 nitrogen and oxygen atoms in total. The fourth-order valence-electron chi connectivity index (χ4n) is 4.48. The molecule has 2 aromatic carbocycles. The molecule has 1 saturated heterocycles. The highest BCUT2D eigenvalue weighted by Crippen LogP contribution is 2.19. The maximum atomic E-state index is 13.2. The Hall–Kier alpha value is -3.72. The molecular formula is C27H33N3O6. The minimum Gasteiger partial charge on any atom is -0.480 e. The van der Waals surface area contributed by atoms with Gasteiger partial charge in [-0.15, -0.1) is 0 Å². The predicted molar refractivity (Wildman–Crippen MR) is 133 cm³/mol. The Morgan fingerprint density at radius 3 is 2.08 bits per heavy atom. The molecule has 0 saturated carbocycles. The summed E-state index contributed by atoms with van der Waals surface area (Å²) in [6.45, 7) is 1.94. The normalized spacial score (nSPS) is 17.7. The van der Waals surface area contributed by atoms with Gasteiger partial charge in [-0.3, -0.25) is 19.7 Å². The molecule has 2 aromatic rings. The monoisotopic (exact) mass is 495 g/mol. The molecule has 4 atom stereocenters. The molecule has 0 aliphatic carbocycles. The van der Waals surface area contributed by atoms with Gasteiger partial charge in [-0.1, -0.05) is 60.7 Å². The topological polar surface area (TPSA) is 136 Å². The number of nitrogens with one attached hydrogen (secondary N) is 2. The number of carbonyl (C=O) groups excluding carboxylic acids is 2. The van der Waals surface area contributed by atoms with E-state index in [9.17, 15) is 29.4 Å². The van der Waals surface area contributed by atoms with Gasteiger partial charge in [-0.05, 0) is 43.7 Å². The molecule has 0 aromatic heterocycles. The Kier molecular flexibility index (Phi) is 9.58. The zero-order valence-corrected chi connectivity index (χ0v) is 20.3. The maximum absolute atomic E-state index is 13.2. The molecule has 0 spiro atoms. The molecule has 4 N–H and O–H groups in total. The van der Waals surface area contributed by atoms with Crippen LogP contribution in [0.1, 0.15) is 37.3 Å². The maximum Gasteiger partial charge on any atom is 0.326 e. The molecule has 36 heavy (non-hydrogen) atoms. The number of nitrogens with zero attached hydrogens (tertiary/aromatic N) is 1. The number of carboxylic acid groups (broad SMARTS) is 2. The Morgan fingerprint density at radius 1 is 0.917 bits per heavy atom. The van der Waals surface area contributed by atoms with Gasteiger partial charge in [0.25, 0.3) is 0 Å². The standard InChI is InChI=1S/C27H33N3O6/c1-18(28-21(26(33)34)15-14-19-9-4-2-5-10-19)25(32)30-16-8-13-23(30)24(31)29-22(27(35)36)17-20-11-6-3-7-12-20/h2-7,9-12,18,21-23,28H,8,13-17H2,1H3,(H,29,31)(H,33,34)(H,35,36)/t18-,21?,22-,23-/m0/s1. The molecule has 0 radical (unpaired) electrons. The Morgan fingerprint density at radius 2 is 1.50 bits per heavy atom. The lowest BCUT2D eigenvalue weighted by Crippen LogP contribution is -2.56. The summed E-state index contributed by atoms with van der Waals surface area (Å²) in [7, 11) is 0. The van der Waals surface area contributed by atoms with Gasteiger partial charge in [0.1, 0.15) is 18.1 Å². The van der Waals surface area contributed by atoms with Crippen LogP contribution in [0.3, 0.4) is 0 Å². The fourth-order valence-corrected chi connectivity index (χ4v) is 4.48. The van der Waals surface area contributed by atoms with Crippen molar-refractivity contribution in [2.24, 2.45) is 0 Å². The van der Waals surface area contributed by atoms with Crippen molar-refractivity contribution < 1.29 is 29.4 Å². The van der Waals surface area contributed by atoms with Gasteiger partial charge in [0.15, 0.2) is 0 Å². The molecule has 3 rings (SSSR count). The minimum absolute atomic E-state index is 0.127. The van der Waals surface area contributed by atoms with Crippen LogP contribution in [-0.2, 0) is 32.0 Å². The summed E-state index contributed by atoms with van der Waals surface area (Å²) in [6, 6.07) is 14.8. The molecule has 1 fully saturated rings. The largest absolute Gasteiger partial charge is 0.480 e. The molecule has 1 aliphatic heterocycles. The van der Waals surface area contributed by atoms with Crippen molar-refractivity contribution in [3.63, 3.8) is 0 Å². The molecule has 1 heterocycles. The van der Waals surface area contributed by atoms with Gasteiger partial charge in [0.2, 0.25) is 11.8 Å². The summed E-state index contributed by atoms with van der Waals surface area (Å²) in [4.78, 5) is 51.2. The molecule has 9 heteroatoms. The molecule has 1 aliphatic rings. The van der Waals surface area contributed by atoms with Gasteiger partial charge in [-0.25, -0.2) is 4.79 Å². The van der Waals surface area contributed by atoms with E-state index >= 15 is 0 Å². The zero-order chi connectivity index (χ0) is 26.1. The van der Waals surface area contributed by atoms with Crippen molar-refractivity contribution in [3.8, 4) is 0 Å².